The summed E-state index contributed by atoms with van der Waals surface area (Å²) in [5, 5.41) is 4.67. The minimum absolute atomic E-state index is 0.000222. The zero-order valence-electron chi connectivity index (χ0n) is 15.9. The maximum Gasteiger partial charge on any atom is 0.220 e. The van der Waals surface area contributed by atoms with Crippen molar-refractivity contribution in [2.75, 3.05) is 0 Å². The lowest BCUT2D eigenvalue weighted by Gasteiger charge is -2.09. The molecule has 0 spiro atoms. The van der Waals surface area contributed by atoms with E-state index in [1.165, 1.54) is 11.3 Å². The number of ether oxygens (including phenoxy) is 1. The monoisotopic (exact) mass is 394 g/mol. The lowest BCUT2D eigenvalue weighted by atomic mass is 10.1. The number of aromatic nitrogens is 1. The van der Waals surface area contributed by atoms with Gasteiger partial charge in [0.05, 0.1) is 4.88 Å². The number of hydrogen-bond acceptors (Lipinski definition) is 5. The summed E-state index contributed by atoms with van der Waals surface area (Å²) in [4.78, 5) is 28.9. The molecule has 144 valence electrons. The van der Waals surface area contributed by atoms with Crippen LogP contribution < -0.4 is 10.1 Å². The number of Topliss-reactive ketones (excluding diaryl/α,β-unsaturated/α-hetero) is 1. The van der Waals surface area contributed by atoms with Gasteiger partial charge >= 0.3 is 0 Å². The maximum atomic E-state index is 12.0. The molecule has 0 saturated carbocycles. The molecule has 0 radical (unpaired) electrons. The predicted molar refractivity (Wildman–Crippen MR) is 110 cm³/mol. The van der Waals surface area contributed by atoms with Crippen molar-refractivity contribution in [1.82, 2.24) is 10.3 Å². The molecule has 0 atom stereocenters. The molecule has 28 heavy (non-hydrogen) atoms. The normalized spacial score (nSPS) is 10.5. The summed E-state index contributed by atoms with van der Waals surface area (Å²) in [5.41, 5.74) is 3.03. The average molecular weight is 394 g/mol. The van der Waals surface area contributed by atoms with Crippen molar-refractivity contribution in [3.05, 3.63) is 75.6 Å². The van der Waals surface area contributed by atoms with E-state index in [0.717, 1.165) is 22.4 Å². The van der Waals surface area contributed by atoms with Crippen molar-refractivity contribution in [2.45, 2.75) is 33.2 Å². The number of ketones is 1. The van der Waals surface area contributed by atoms with Crippen LogP contribution >= 0.6 is 11.3 Å². The number of rotatable bonds is 8. The number of carbonyl (C=O) groups is 2. The van der Waals surface area contributed by atoms with Gasteiger partial charge < -0.3 is 10.1 Å². The summed E-state index contributed by atoms with van der Waals surface area (Å²) < 4.78 is 5.84. The topological polar surface area (TPSA) is 68.3 Å². The van der Waals surface area contributed by atoms with Gasteiger partial charge in [0.15, 0.2) is 5.78 Å². The first-order valence-corrected chi connectivity index (χ1v) is 9.92. The molecular formula is C22H22N2O3S. The molecule has 3 rings (SSSR count). The number of amides is 1. The van der Waals surface area contributed by atoms with E-state index in [2.05, 4.69) is 10.3 Å². The lowest BCUT2D eigenvalue weighted by Crippen LogP contribution is -2.23. The van der Waals surface area contributed by atoms with Gasteiger partial charge in [-0.25, -0.2) is 4.98 Å². The van der Waals surface area contributed by atoms with Gasteiger partial charge in [-0.2, -0.15) is 0 Å². The molecule has 6 heteroatoms. The third-order valence-electron chi connectivity index (χ3n) is 4.22. The number of benzene rings is 1. The van der Waals surface area contributed by atoms with Gasteiger partial charge in [0.2, 0.25) is 11.8 Å². The second kappa shape index (κ2) is 9.28. The van der Waals surface area contributed by atoms with Gasteiger partial charge in [0.1, 0.15) is 5.75 Å². The maximum absolute atomic E-state index is 12.0. The van der Waals surface area contributed by atoms with Crippen molar-refractivity contribution in [3.8, 4) is 11.6 Å². The molecule has 2 heterocycles. The molecule has 0 unspecified atom stereocenters. The molecular weight excluding hydrogens is 372 g/mol. The number of hydrogen-bond donors (Lipinski definition) is 1. The van der Waals surface area contributed by atoms with Crippen molar-refractivity contribution in [3.63, 3.8) is 0 Å². The van der Waals surface area contributed by atoms with Crippen LogP contribution in [0.3, 0.4) is 0 Å². The van der Waals surface area contributed by atoms with Crippen molar-refractivity contribution in [1.29, 1.82) is 0 Å². The number of nitrogens with zero attached hydrogens (tertiary/aromatic N) is 1. The summed E-state index contributed by atoms with van der Waals surface area (Å²) >= 11 is 1.39. The zero-order valence-corrected chi connectivity index (χ0v) is 16.7. The Labute approximate surface area is 168 Å². The van der Waals surface area contributed by atoms with Crippen LogP contribution in [0.2, 0.25) is 0 Å². The SMILES string of the molecule is Cc1ccc(C)c(Oc2ccc(CNC(=O)CCC(=O)c3cccs3)cn2)c1. The minimum atomic E-state index is -0.152. The van der Waals surface area contributed by atoms with Crippen molar-refractivity contribution >= 4 is 23.0 Å². The molecule has 0 aliphatic heterocycles. The number of nitrogens with one attached hydrogen (secondary N) is 1. The van der Waals surface area contributed by atoms with Gasteiger partial charge in [-0.05, 0) is 48.1 Å². The molecule has 1 amide bonds. The Morgan fingerprint density at radius 1 is 1.11 bits per heavy atom. The van der Waals surface area contributed by atoms with E-state index in [0.29, 0.717) is 17.3 Å². The zero-order chi connectivity index (χ0) is 19.9. The largest absolute Gasteiger partial charge is 0.439 e. The van der Waals surface area contributed by atoms with Crippen LogP contribution in [0.4, 0.5) is 0 Å². The third kappa shape index (κ3) is 5.50. The van der Waals surface area contributed by atoms with Crippen LogP contribution in [0.25, 0.3) is 0 Å². The minimum Gasteiger partial charge on any atom is -0.439 e. The Bertz CT molecular complexity index is 950. The number of carbonyl (C=O) groups excluding carboxylic acids is 2. The van der Waals surface area contributed by atoms with Gasteiger partial charge in [0, 0.05) is 31.6 Å². The molecule has 1 aromatic carbocycles. The number of thiophene rings is 1. The molecule has 0 fully saturated rings. The van der Waals surface area contributed by atoms with Crippen LogP contribution in [0.5, 0.6) is 11.6 Å². The molecule has 0 aliphatic rings. The van der Waals surface area contributed by atoms with Crippen LogP contribution in [-0.2, 0) is 11.3 Å². The molecule has 2 aromatic heterocycles. The summed E-state index contributed by atoms with van der Waals surface area (Å²) in [6, 6.07) is 13.3. The van der Waals surface area contributed by atoms with Gasteiger partial charge in [0.25, 0.3) is 0 Å². The second-order valence-electron chi connectivity index (χ2n) is 6.55. The summed E-state index contributed by atoms with van der Waals surface area (Å²) in [7, 11) is 0. The summed E-state index contributed by atoms with van der Waals surface area (Å²) in [6.07, 6.45) is 2.07. The second-order valence-corrected chi connectivity index (χ2v) is 7.50. The highest BCUT2D eigenvalue weighted by molar-refractivity contribution is 7.12. The van der Waals surface area contributed by atoms with E-state index in [-0.39, 0.29) is 24.5 Å². The van der Waals surface area contributed by atoms with Gasteiger partial charge in [-0.1, -0.05) is 24.3 Å². The van der Waals surface area contributed by atoms with Crippen LogP contribution in [0.15, 0.2) is 54.0 Å². The first-order valence-electron chi connectivity index (χ1n) is 9.05. The quantitative estimate of drug-likeness (QED) is 0.556. The Morgan fingerprint density at radius 3 is 2.68 bits per heavy atom. The van der Waals surface area contributed by atoms with Crippen LogP contribution in [0.1, 0.15) is 39.2 Å². The fourth-order valence-corrected chi connectivity index (χ4v) is 3.28. The lowest BCUT2D eigenvalue weighted by molar-refractivity contribution is -0.121. The molecule has 5 nitrogen and oxygen atoms in total. The molecule has 3 aromatic rings. The standard InChI is InChI=1S/C22H22N2O3S/c1-15-5-6-16(2)19(12-15)27-22-10-7-17(14-24-22)13-23-21(26)9-8-18(25)20-4-3-11-28-20/h3-7,10-12,14H,8-9,13H2,1-2H3,(H,23,26). The molecule has 0 aliphatic carbocycles. The Morgan fingerprint density at radius 2 is 1.96 bits per heavy atom. The molecule has 0 bridgehead atoms. The smallest absolute Gasteiger partial charge is 0.220 e. The highest BCUT2D eigenvalue weighted by Crippen LogP contribution is 2.24. The average Bonchev–Trinajstić information content (AvgIpc) is 3.23. The Kier molecular flexibility index (Phi) is 6.55. The molecule has 1 N–H and O–H groups in total. The van der Waals surface area contributed by atoms with E-state index < -0.39 is 0 Å². The van der Waals surface area contributed by atoms with Gasteiger partial charge in [-0.15, -0.1) is 11.3 Å². The highest BCUT2D eigenvalue weighted by Gasteiger charge is 2.10. The van der Waals surface area contributed by atoms with E-state index in [4.69, 9.17) is 4.74 Å². The van der Waals surface area contributed by atoms with E-state index in [9.17, 15) is 9.59 Å². The summed E-state index contributed by atoms with van der Waals surface area (Å²) in [6.45, 7) is 4.37. The van der Waals surface area contributed by atoms with Crippen molar-refractivity contribution < 1.29 is 14.3 Å². The van der Waals surface area contributed by atoms with E-state index in [1.54, 1.807) is 18.3 Å². The van der Waals surface area contributed by atoms with Gasteiger partial charge in [-0.3, -0.25) is 9.59 Å². The summed E-state index contributed by atoms with van der Waals surface area (Å²) in [5.74, 6) is 1.13. The fraction of sp³-hybridized carbons (Fsp3) is 0.227. The number of aryl methyl sites for hydroxylation is 2. The van der Waals surface area contributed by atoms with Crippen molar-refractivity contribution in [2.24, 2.45) is 0 Å². The van der Waals surface area contributed by atoms with Crippen LogP contribution in [-0.4, -0.2) is 16.7 Å². The first kappa shape index (κ1) is 19.8. The third-order valence-corrected chi connectivity index (χ3v) is 5.13. The highest BCUT2D eigenvalue weighted by atomic mass is 32.1. The predicted octanol–water partition coefficient (Wildman–Crippen LogP) is 4.83. The molecule has 0 saturated heterocycles. The van der Waals surface area contributed by atoms with Crippen LogP contribution in [0, 0.1) is 13.8 Å². The van der Waals surface area contributed by atoms with E-state index in [1.807, 2.05) is 49.6 Å². The first-order chi connectivity index (χ1) is 13.5. The fourth-order valence-electron chi connectivity index (χ4n) is 2.58. The Balaban J connectivity index is 1.47. The Hall–Kier alpha value is -2.99. The number of pyridine rings is 1. The van der Waals surface area contributed by atoms with E-state index >= 15 is 0 Å².